The summed E-state index contributed by atoms with van der Waals surface area (Å²) in [6.07, 6.45) is 1.43. The monoisotopic (exact) mass is 370 g/mol. The average molecular weight is 370 g/mol. The van der Waals surface area contributed by atoms with Crippen LogP contribution in [0.5, 0.6) is 11.6 Å². The van der Waals surface area contributed by atoms with Gasteiger partial charge in [0.25, 0.3) is 0 Å². The van der Waals surface area contributed by atoms with E-state index in [1.54, 1.807) is 6.07 Å². The summed E-state index contributed by atoms with van der Waals surface area (Å²) in [7, 11) is 1.29. The van der Waals surface area contributed by atoms with Crippen molar-refractivity contribution in [1.82, 2.24) is 4.98 Å². The summed E-state index contributed by atoms with van der Waals surface area (Å²) in [4.78, 5) is 15.7. The number of rotatable bonds is 3. The molecule has 0 aliphatic heterocycles. The minimum atomic E-state index is -0.541. The van der Waals surface area contributed by atoms with Crippen LogP contribution in [-0.2, 0) is 4.74 Å². The Hall–Kier alpha value is -1.83. The number of halogens is 1. The number of carbonyl (C=O) groups excluding carboxylic acids is 1. The zero-order valence-electron chi connectivity index (χ0n) is 10.1. The van der Waals surface area contributed by atoms with Crippen LogP contribution in [0.1, 0.15) is 10.4 Å². The van der Waals surface area contributed by atoms with E-state index < -0.39 is 5.97 Å². The number of nitrogens with two attached hydrogens (primary N) is 1. The first-order valence-corrected chi connectivity index (χ1v) is 6.46. The Morgan fingerprint density at radius 1 is 1.37 bits per heavy atom. The lowest BCUT2D eigenvalue weighted by atomic mass is 10.2. The molecule has 2 N–H and O–H groups in total. The molecule has 1 heterocycles. The van der Waals surface area contributed by atoms with Crippen molar-refractivity contribution in [3.63, 3.8) is 0 Å². The van der Waals surface area contributed by atoms with Gasteiger partial charge in [0.15, 0.2) is 0 Å². The van der Waals surface area contributed by atoms with Gasteiger partial charge in [-0.2, -0.15) is 0 Å². The molecule has 2 rings (SSSR count). The molecule has 1 aromatic carbocycles. The van der Waals surface area contributed by atoms with Crippen LogP contribution in [0, 0.1) is 3.57 Å². The van der Waals surface area contributed by atoms with Crippen molar-refractivity contribution in [1.29, 1.82) is 0 Å². The van der Waals surface area contributed by atoms with Gasteiger partial charge in [0.1, 0.15) is 11.3 Å². The van der Waals surface area contributed by atoms with Gasteiger partial charge < -0.3 is 15.2 Å². The minimum Gasteiger partial charge on any atom is -0.465 e. The number of methoxy groups -OCH3 is 1. The second-order valence-corrected chi connectivity index (χ2v) is 4.81. The lowest BCUT2D eigenvalue weighted by Gasteiger charge is -2.10. The van der Waals surface area contributed by atoms with E-state index in [1.807, 2.05) is 18.2 Å². The Bertz CT molecular complexity index is 617. The fourth-order valence-corrected chi connectivity index (χ4v) is 1.94. The zero-order chi connectivity index (χ0) is 13.8. The first kappa shape index (κ1) is 13.6. The number of para-hydroxylation sites is 1. The maximum absolute atomic E-state index is 11.7. The van der Waals surface area contributed by atoms with Crippen molar-refractivity contribution in [2.45, 2.75) is 0 Å². The SMILES string of the molecule is COC(=O)c1cc(N)cnc1Oc1ccccc1I. The third-order valence-electron chi connectivity index (χ3n) is 2.32. The molecule has 0 atom stereocenters. The highest BCUT2D eigenvalue weighted by Gasteiger charge is 2.16. The smallest absolute Gasteiger partial charge is 0.343 e. The molecule has 19 heavy (non-hydrogen) atoms. The number of aromatic nitrogens is 1. The molecule has 0 fully saturated rings. The van der Waals surface area contributed by atoms with Crippen molar-refractivity contribution >= 4 is 34.2 Å². The number of benzene rings is 1. The summed E-state index contributed by atoms with van der Waals surface area (Å²) >= 11 is 2.14. The van der Waals surface area contributed by atoms with Gasteiger partial charge in [0, 0.05) is 0 Å². The van der Waals surface area contributed by atoms with Crippen molar-refractivity contribution in [3.05, 3.63) is 45.7 Å². The van der Waals surface area contributed by atoms with Crippen LogP contribution < -0.4 is 10.5 Å². The Morgan fingerprint density at radius 3 is 2.79 bits per heavy atom. The third kappa shape index (κ3) is 3.14. The van der Waals surface area contributed by atoms with Crippen molar-refractivity contribution in [3.8, 4) is 11.6 Å². The van der Waals surface area contributed by atoms with Crippen LogP contribution in [0.2, 0.25) is 0 Å². The van der Waals surface area contributed by atoms with Crippen LogP contribution in [0.4, 0.5) is 5.69 Å². The topological polar surface area (TPSA) is 74.4 Å². The van der Waals surface area contributed by atoms with E-state index in [1.165, 1.54) is 19.4 Å². The fraction of sp³-hybridized carbons (Fsp3) is 0.0769. The Labute approximate surface area is 123 Å². The van der Waals surface area contributed by atoms with Crippen LogP contribution in [0.15, 0.2) is 36.5 Å². The largest absolute Gasteiger partial charge is 0.465 e. The molecule has 0 radical (unpaired) electrons. The molecule has 0 saturated carbocycles. The quantitative estimate of drug-likeness (QED) is 0.665. The van der Waals surface area contributed by atoms with Crippen LogP contribution >= 0.6 is 22.6 Å². The van der Waals surface area contributed by atoms with Gasteiger partial charge in [-0.1, -0.05) is 12.1 Å². The molecule has 1 aromatic heterocycles. The molecule has 0 unspecified atom stereocenters. The standard InChI is InChI=1S/C13H11IN2O3/c1-18-13(17)9-6-8(15)7-16-12(9)19-11-5-3-2-4-10(11)14/h2-7H,15H2,1H3. The molecule has 0 saturated heterocycles. The van der Waals surface area contributed by atoms with Crippen molar-refractivity contribution in [2.24, 2.45) is 0 Å². The van der Waals surface area contributed by atoms with Crippen molar-refractivity contribution in [2.75, 3.05) is 12.8 Å². The predicted octanol–water partition coefficient (Wildman–Crippen LogP) is 2.85. The number of esters is 1. The van der Waals surface area contributed by atoms with E-state index in [-0.39, 0.29) is 11.4 Å². The number of hydrogen-bond donors (Lipinski definition) is 1. The Morgan fingerprint density at radius 2 is 2.11 bits per heavy atom. The van der Waals surface area contributed by atoms with E-state index in [4.69, 9.17) is 10.5 Å². The molecule has 5 nitrogen and oxygen atoms in total. The zero-order valence-corrected chi connectivity index (χ0v) is 12.2. The molecule has 2 aromatic rings. The maximum Gasteiger partial charge on any atom is 0.343 e. The summed E-state index contributed by atoms with van der Waals surface area (Å²) < 4.78 is 11.2. The molecular formula is C13H11IN2O3. The molecule has 6 heteroatoms. The van der Waals surface area contributed by atoms with E-state index >= 15 is 0 Å². The number of ether oxygens (including phenoxy) is 2. The predicted molar refractivity (Wildman–Crippen MR) is 79.2 cm³/mol. The summed E-state index contributed by atoms with van der Waals surface area (Å²) in [5, 5.41) is 0. The summed E-state index contributed by atoms with van der Waals surface area (Å²) in [5.74, 6) is 0.247. The normalized spacial score (nSPS) is 10.0. The molecule has 0 amide bonds. The number of nitrogen functional groups attached to an aromatic ring is 1. The third-order valence-corrected chi connectivity index (χ3v) is 3.21. The summed E-state index contributed by atoms with van der Waals surface area (Å²) in [5.41, 5.74) is 6.18. The number of nitrogens with zero attached hydrogens (tertiary/aromatic N) is 1. The highest BCUT2D eigenvalue weighted by Crippen LogP contribution is 2.28. The highest BCUT2D eigenvalue weighted by molar-refractivity contribution is 14.1. The molecule has 0 bridgehead atoms. The van der Waals surface area contributed by atoms with E-state index in [0.717, 1.165) is 3.57 Å². The molecule has 98 valence electrons. The lowest BCUT2D eigenvalue weighted by molar-refractivity contribution is 0.0597. The maximum atomic E-state index is 11.7. The Balaban J connectivity index is 2.40. The molecule has 0 aliphatic rings. The van der Waals surface area contributed by atoms with Crippen LogP contribution in [-0.4, -0.2) is 18.1 Å². The molecule has 0 aliphatic carbocycles. The number of anilines is 1. The summed E-state index contributed by atoms with van der Waals surface area (Å²) in [6.45, 7) is 0. The van der Waals surface area contributed by atoms with E-state index in [9.17, 15) is 4.79 Å². The van der Waals surface area contributed by atoms with Gasteiger partial charge >= 0.3 is 5.97 Å². The minimum absolute atomic E-state index is 0.171. The van der Waals surface area contributed by atoms with Crippen molar-refractivity contribution < 1.29 is 14.3 Å². The average Bonchev–Trinajstić information content (AvgIpc) is 2.42. The highest BCUT2D eigenvalue weighted by atomic mass is 127. The number of hydrogen-bond acceptors (Lipinski definition) is 5. The Kier molecular flexibility index (Phi) is 4.20. The second-order valence-electron chi connectivity index (χ2n) is 3.65. The van der Waals surface area contributed by atoms with Gasteiger partial charge in [0.05, 0.1) is 22.6 Å². The molecule has 0 spiro atoms. The van der Waals surface area contributed by atoms with Gasteiger partial charge in [-0.05, 0) is 40.8 Å². The van der Waals surface area contributed by atoms with Gasteiger partial charge in [0.2, 0.25) is 5.88 Å². The molecular weight excluding hydrogens is 359 g/mol. The lowest BCUT2D eigenvalue weighted by Crippen LogP contribution is -2.06. The van der Waals surface area contributed by atoms with Crippen LogP contribution in [0.25, 0.3) is 0 Å². The first-order valence-electron chi connectivity index (χ1n) is 5.38. The number of pyridine rings is 1. The van der Waals surface area contributed by atoms with Gasteiger partial charge in [-0.3, -0.25) is 0 Å². The number of carbonyl (C=O) groups is 1. The van der Waals surface area contributed by atoms with Crippen LogP contribution in [0.3, 0.4) is 0 Å². The van der Waals surface area contributed by atoms with E-state index in [2.05, 4.69) is 32.3 Å². The van der Waals surface area contributed by atoms with E-state index in [0.29, 0.717) is 11.4 Å². The summed E-state index contributed by atoms with van der Waals surface area (Å²) in [6, 6.07) is 8.90. The first-order chi connectivity index (χ1) is 9.11. The second kappa shape index (κ2) is 5.87. The van der Waals surface area contributed by atoms with Gasteiger partial charge in [-0.15, -0.1) is 0 Å². The van der Waals surface area contributed by atoms with Gasteiger partial charge in [-0.25, -0.2) is 9.78 Å². The fourth-order valence-electron chi connectivity index (χ4n) is 1.44.